The topological polar surface area (TPSA) is 69.4 Å². The lowest BCUT2D eigenvalue weighted by Crippen LogP contribution is -2.29. The van der Waals surface area contributed by atoms with E-state index in [-0.39, 0.29) is 0 Å². The standard InChI is InChI=1S/C14H15ClFN3O2/c1-20-12-5-8(4-11(15)14(12)21-2)13(19-17)9-3-10(16)7-18-6-9/h3-7,13,19H,17H2,1-2H3. The maximum atomic E-state index is 13.3. The van der Waals surface area contributed by atoms with Crippen molar-refractivity contribution >= 4 is 11.6 Å². The van der Waals surface area contributed by atoms with Crippen LogP contribution in [0.3, 0.4) is 0 Å². The van der Waals surface area contributed by atoms with Crippen molar-refractivity contribution in [2.24, 2.45) is 5.84 Å². The Bertz CT molecular complexity index is 640. The summed E-state index contributed by atoms with van der Waals surface area (Å²) in [5.41, 5.74) is 3.89. The predicted molar refractivity (Wildman–Crippen MR) is 77.9 cm³/mol. The van der Waals surface area contributed by atoms with Crippen molar-refractivity contribution < 1.29 is 13.9 Å². The van der Waals surface area contributed by atoms with Gasteiger partial charge in [-0.05, 0) is 29.3 Å². The fourth-order valence-electron chi connectivity index (χ4n) is 2.08. The summed E-state index contributed by atoms with van der Waals surface area (Å²) >= 11 is 6.17. The molecule has 112 valence electrons. The van der Waals surface area contributed by atoms with E-state index in [1.54, 1.807) is 12.1 Å². The van der Waals surface area contributed by atoms with Crippen LogP contribution in [-0.2, 0) is 0 Å². The van der Waals surface area contributed by atoms with Crippen molar-refractivity contribution in [2.75, 3.05) is 14.2 Å². The first-order valence-electron chi connectivity index (χ1n) is 6.08. The summed E-state index contributed by atoms with van der Waals surface area (Å²) in [6.07, 6.45) is 2.65. The van der Waals surface area contributed by atoms with Gasteiger partial charge in [0.25, 0.3) is 0 Å². The van der Waals surface area contributed by atoms with Crippen LogP contribution in [-0.4, -0.2) is 19.2 Å². The van der Waals surface area contributed by atoms with Gasteiger partial charge in [-0.25, -0.2) is 9.82 Å². The smallest absolute Gasteiger partial charge is 0.179 e. The zero-order valence-corrected chi connectivity index (χ0v) is 12.3. The van der Waals surface area contributed by atoms with Crippen LogP contribution in [0.5, 0.6) is 11.5 Å². The number of nitrogens with zero attached hydrogens (tertiary/aromatic N) is 1. The van der Waals surface area contributed by atoms with E-state index in [1.807, 2.05) is 0 Å². The first-order valence-corrected chi connectivity index (χ1v) is 6.46. The Kier molecular flexibility index (Phi) is 4.95. The summed E-state index contributed by atoms with van der Waals surface area (Å²) in [5, 5.41) is 0.372. The average molecular weight is 312 g/mol. The first kappa shape index (κ1) is 15.5. The van der Waals surface area contributed by atoms with Crippen LogP contribution >= 0.6 is 11.6 Å². The lowest BCUT2D eigenvalue weighted by molar-refractivity contribution is 0.354. The molecule has 7 heteroatoms. The molecular weight excluding hydrogens is 297 g/mol. The van der Waals surface area contributed by atoms with Gasteiger partial charge in [0.05, 0.1) is 31.5 Å². The van der Waals surface area contributed by atoms with Crippen molar-refractivity contribution in [2.45, 2.75) is 6.04 Å². The fraction of sp³-hybridized carbons (Fsp3) is 0.214. The number of hydrogen-bond donors (Lipinski definition) is 2. The van der Waals surface area contributed by atoms with E-state index >= 15 is 0 Å². The third-order valence-electron chi connectivity index (χ3n) is 3.02. The molecule has 1 atom stereocenters. The van der Waals surface area contributed by atoms with E-state index in [1.165, 1.54) is 26.5 Å². The first-order chi connectivity index (χ1) is 10.1. The van der Waals surface area contributed by atoms with Crippen LogP contribution in [0.1, 0.15) is 17.2 Å². The number of methoxy groups -OCH3 is 2. The van der Waals surface area contributed by atoms with Gasteiger partial charge in [0.15, 0.2) is 11.5 Å². The molecule has 0 saturated heterocycles. The third-order valence-corrected chi connectivity index (χ3v) is 3.30. The van der Waals surface area contributed by atoms with E-state index < -0.39 is 11.9 Å². The van der Waals surface area contributed by atoms with E-state index in [9.17, 15) is 4.39 Å². The molecule has 5 nitrogen and oxygen atoms in total. The van der Waals surface area contributed by atoms with Gasteiger partial charge in [-0.2, -0.15) is 0 Å². The predicted octanol–water partition coefficient (Wildman–Crippen LogP) is 2.44. The maximum Gasteiger partial charge on any atom is 0.179 e. The SMILES string of the molecule is COc1cc(C(NN)c2cncc(F)c2)cc(Cl)c1OC. The van der Waals surface area contributed by atoms with E-state index in [2.05, 4.69) is 10.4 Å². The van der Waals surface area contributed by atoms with Crippen LogP contribution < -0.4 is 20.7 Å². The van der Waals surface area contributed by atoms with Gasteiger partial charge < -0.3 is 9.47 Å². The quantitative estimate of drug-likeness (QED) is 0.655. The number of benzene rings is 1. The van der Waals surface area contributed by atoms with Gasteiger partial charge in [-0.1, -0.05) is 11.6 Å². The highest BCUT2D eigenvalue weighted by molar-refractivity contribution is 6.32. The second-order valence-corrected chi connectivity index (χ2v) is 4.68. The van der Waals surface area contributed by atoms with Crippen LogP contribution in [0.2, 0.25) is 5.02 Å². The van der Waals surface area contributed by atoms with E-state index in [0.29, 0.717) is 27.6 Å². The fourth-order valence-corrected chi connectivity index (χ4v) is 2.37. The number of aromatic nitrogens is 1. The van der Waals surface area contributed by atoms with Crippen molar-refractivity contribution in [3.8, 4) is 11.5 Å². The third kappa shape index (κ3) is 3.24. The Morgan fingerprint density at radius 3 is 2.52 bits per heavy atom. The number of nitrogens with two attached hydrogens (primary N) is 1. The molecule has 2 rings (SSSR count). The van der Waals surface area contributed by atoms with Crippen molar-refractivity contribution in [3.63, 3.8) is 0 Å². The zero-order valence-electron chi connectivity index (χ0n) is 11.6. The largest absolute Gasteiger partial charge is 0.493 e. The molecule has 0 bridgehead atoms. The molecule has 0 saturated carbocycles. The maximum absolute atomic E-state index is 13.3. The van der Waals surface area contributed by atoms with Crippen LogP contribution in [0, 0.1) is 5.82 Å². The molecule has 1 unspecified atom stereocenters. The summed E-state index contributed by atoms with van der Waals surface area (Å²) in [4.78, 5) is 3.82. The molecular formula is C14H15ClFN3O2. The molecule has 21 heavy (non-hydrogen) atoms. The van der Waals surface area contributed by atoms with Gasteiger partial charge in [-0.3, -0.25) is 10.8 Å². The Morgan fingerprint density at radius 1 is 1.19 bits per heavy atom. The second-order valence-electron chi connectivity index (χ2n) is 4.27. The van der Waals surface area contributed by atoms with Crippen molar-refractivity contribution in [3.05, 3.63) is 52.6 Å². The number of hydrazine groups is 1. The average Bonchev–Trinajstić information content (AvgIpc) is 2.47. The molecule has 1 heterocycles. The van der Waals surface area contributed by atoms with Gasteiger partial charge in [-0.15, -0.1) is 0 Å². The molecule has 1 aromatic carbocycles. The number of halogens is 2. The molecule has 3 N–H and O–H groups in total. The monoisotopic (exact) mass is 311 g/mol. The van der Waals surface area contributed by atoms with E-state index in [4.69, 9.17) is 26.9 Å². The zero-order chi connectivity index (χ0) is 15.4. The van der Waals surface area contributed by atoms with Gasteiger partial charge >= 0.3 is 0 Å². The molecule has 0 aliphatic heterocycles. The summed E-state index contributed by atoms with van der Waals surface area (Å²) in [7, 11) is 3.01. The molecule has 0 radical (unpaired) electrons. The Labute approximate surface area is 126 Å². The van der Waals surface area contributed by atoms with Gasteiger partial charge in [0.2, 0.25) is 0 Å². The Morgan fingerprint density at radius 2 is 1.95 bits per heavy atom. The minimum absolute atomic E-state index is 0.372. The minimum atomic E-state index is -0.481. The molecule has 1 aromatic heterocycles. The molecule has 0 fully saturated rings. The number of rotatable bonds is 5. The van der Waals surface area contributed by atoms with Gasteiger partial charge in [0.1, 0.15) is 5.82 Å². The van der Waals surface area contributed by atoms with Crippen LogP contribution in [0.15, 0.2) is 30.6 Å². The Balaban J connectivity index is 2.50. The molecule has 0 aliphatic carbocycles. The number of pyridine rings is 1. The molecule has 0 amide bonds. The summed E-state index contributed by atoms with van der Waals surface area (Å²) in [6.45, 7) is 0. The molecule has 0 spiro atoms. The summed E-state index contributed by atoms with van der Waals surface area (Å²) in [5.74, 6) is 6.03. The summed E-state index contributed by atoms with van der Waals surface area (Å²) in [6, 6.07) is 4.27. The van der Waals surface area contributed by atoms with E-state index in [0.717, 1.165) is 6.20 Å². The van der Waals surface area contributed by atoms with Crippen LogP contribution in [0.25, 0.3) is 0 Å². The molecule has 0 aliphatic rings. The lowest BCUT2D eigenvalue weighted by Gasteiger charge is -2.19. The highest BCUT2D eigenvalue weighted by atomic mass is 35.5. The number of nitrogens with one attached hydrogen (secondary N) is 1. The second kappa shape index (κ2) is 6.71. The minimum Gasteiger partial charge on any atom is -0.493 e. The van der Waals surface area contributed by atoms with Gasteiger partial charge in [0, 0.05) is 6.20 Å². The lowest BCUT2D eigenvalue weighted by atomic mass is 10.00. The van der Waals surface area contributed by atoms with Crippen molar-refractivity contribution in [1.82, 2.24) is 10.4 Å². The number of hydrogen-bond acceptors (Lipinski definition) is 5. The number of ether oxygens (including phenoxy) is 2. The summed E-state index contributed by atoms with van der Waals surface area (Å²) < 4.78 is 23.7. The van der Waals surface area contributed by atoms with Crippen molar-refractivity contribution in [1.29, 1.82) is 0 Å². The normalized spacial score (nSPS) is 12.0. The van der Waals surface area contributed by atoms with Crippen LogP contribution in [0.4, 0.5) is 4.39 Å². The highest BCUT2D eigenvalue weighted by Gasteiger charge is 2.18. The Hall–Kier alpha value is -1.89. The molecule has 2 aromatic rings. The highest BCUT2D eigenvalue weighted by Crippen LogP contribution is 2.38.